The number of aryl methyl sites for hydroxylation is 1. The maximum Gasteiger partial charge on any atom is 0.255 e. The molecule has 4 rings (SSSR count). The van der Waals surface area contributed by atoms with Gasteiger partial charge in [-0.05, 0) is 55.3 Å². The van der Waals surface area contributed by atoms with Crippen LogP contribution < -0.4 is 5.32 Å². The minimum absolute atomic E-state index is 0.116. The zero-order valence-corrected chi connectivity index (χ0v) is 14.7. The molecule has 0 fully saturated rings. The van der Waals surface area contributed by atoms with Crippen molar-refractivity contribution in [3.63, 3.8) is 0 Å². The van der Waals surface area contributed by atoms with E-state index in [2.05, 4.69) is 15.3 Å². The Morgan fingerprint density at radius 1 is 0.923 bits per heavy atom. The summed E-state index contributed by atoms with van der Waals surface area (Å²) in [5, 5.41) is 2.99. The van der Waals surface area contributed by atoms with Crippen LogP contribution in [0.5, 0.6) is 0 Å². The van der Waals surface area contributed by atoms with E-state index in [0.29, 0.717) is 5.56 Å². The lowest BCUT2D eigenvalue weighted by Crippen LogP contribution is -2.12. The highest BCUT2D eigenvalue weighted by molar-refractivity contribution is 6.05. The Bertz CT molecular complexity index is 1060. The van der Waals surface area contributed by atoms with E-state index >= 15 is 0 Å². The van der Waals surface area contributed by atoms with Crippen molar-refractivity contribution < 1.29 is 4.79 Å². The molecular weight excluding hydrogens is 322 g/mol. The molecule has 4 heteroatoms. The third-order valence-corrected chi connectivity index (χ3v) is 4.66. The number of hydrogen-bond acceptors (Lipinski definition) is 2. The Morgan fingerprint density at radius 2 is 1.69 bits per heavy atom. The average molecular weight is 341 g/mol. The molecular formula is C22H19N3O. The van der Waals surface area contributed by atoms with E-state index in [-0.39, 0.29) is 5.91 Å². The van der Waals surface area contributed by atoms with Gasteiger partial charge >= 0.3 is 0 Å². The summed E-state index contributed by atoms with van der Waals surface area (Å²) in [6.45, 7) is 4.04. The van der Waals surface area contributed by atoms with Crippen LogP contribution >= 0.6 is 0 Å². The topological polar surface area (TPSA) is 57.8 Å². The molecule has 0 aliphatic carbocycles. The summed E-state index contributed by atoms with van der Waals surface area (Å²) >= 11 is 0. The van der Waals surface area contributed by atoms with Gasteiger partial charge in [-0.3, -0.25) is 4.79 Å². The fraction of sp³-hybridized carbons (Fsp3) is 0.0909. The second-order valence-corrected chi connectivity index (χ2v) is 6.38. The number of carbonyl (C=O) groups excluding carboxylic acids is 1. The van der Waals surface area contributed by atoms with E-state index in [1.807, 2.05) is 80.6 Å². The van der Waals surface area contributed by atoms with Crippen LogP contribution in [0.1, 0.15) is 21.5 Å². The summed E-state index contributed by atoms with van der Waals surface area (Å²) in [7, 11) is 0. The Balaban J connectivity index is 1.57. The first-order valence-electron chi connectivity index (χ1n) is 8.54. The summed E-state index contributed by atoms with van der Waals surface area (Å²) in [6, 6.07) is 21.3. The van der Waals surface area contributed by atoms with Crippen LogP contribution in [-0.4, -0.2) is 15.9 Å². The van der Waals surface area contributed by atoms with Crippen molar-refractivity contribution in [2.24, 2.45) is 0 Å². The number of nitrogens with zero attached hydrogens (tertiary/aromatic N) is 1. The van der Waals surface area contributed by atoms with E-state index in [1.54, 1.807) is 0 Å². The first-order valence-corrected chi connectivity index (χ1v) is 8.54. The van der Waals surface area contributed by atoms with Gasteiger partial charge in [0.05, 0.1) is 11.0 Å². The Morgan fingerprint density at radius 3 is 2.46 bits per heavy atom. The summed E-state index contributed by atoms with van der Waals surface area (Å²) in [5.41, 5.74) is 6.58. The highest BCUT2D eigenvalue weighted by atomic mass is 16.1. The number of anilines is 1. The first-order chi connectivity index (χ1) is 12.6. The second kappa shape index (κ2) is 6.48. The zero-order chi connectivity index (χ0) is 18.1. The molecule has 128 valence electrons. The van der Waals surface area contributed by atoms with Gasteiger partial charge in [0.1, 0.15) is 5.82 Å². The molecule has 0 radical (unpaired) electrons. The lowest BCUT2D eigenvalue weighted by Gasteiger charge is -2.10. The van der Waals surface area contributed by atoms with E-state index in [9.17, 15) is 4.79 Å². The van der Waals surface area contributed by atoms with E-state index in [4.69, 9.17) is 0 Å². The molecule has 2 N–H and O–H groups in total. The van der Waals surface area contributed by atoms with Crippen LogP contribution in [0.4, 0.5) is 5.69 Å². The Labute approximate surface area is 151 Å². The van der Waals surface area contributed by atoms with Crippen molar-refractivity contribution in [2.75, 3.05) is 5.32 Å². The zero-order valence-electron chi connectivity index (χ0n) is 14.7. The van der Waals surface area contributed by atoms with Crippen molar-refractivity contribution in [1.29, 1.82) is 0 Å². The van der Waals surface area contributed by atoms with Crippen LogP contribution in [0.15, 0.2) is 66.7 Å². The number of para-hydroxylation sites is 2. The molecule has 3 aromatic carbocycles. The first kappa shape index (κ1) is 16.1. The maximum atomic E-state index is 12.5. The van der Waals surface area contributed by atoms with Crippen LogP contribution in [0.25, 0.3) is 22.4 Å². The van der Waals surface area contributed by atoms with Gasteiger partial charge in [0.2, 0.25) is 0 Å². The van der Waals surface area contributed by atoms with Gasteiger partial charge in [0, 0.05) is 16.8 Å². The van der Waals surface area contributed by atoms with Gasteiger partial charge in [-0.25, -0.2) is 4.98 Å². The fourth-order valence-corrected chi connectivity index (χ4v) is 2.95. The SMILES string of the molecule is Cc1cccc(NC(=O)c2ccc(-c3nc4ccccc4[nH]3)cc2)c1C. The number of aromatic amines is 1. The molecule has 0 unspecified atom stereocenters. The number of nitrogens with one attached hydrogen (secondary N) is 2. The molecule has 1 heterocycles. The number of H-pyrrole nitrogens is 1. The summed E-state index contributed by atoms with van der Waals surface area (Å²) in [5.74, 6) is 0.683. The van der Waals surface area contributed by atoms with Gasteiger partial charge in [0.25, 0.3) is 5.91 Å². The molecule has 4 nitrogen and oxygen atoms in total. The number of imidazole rings is 1. The number of carbonyl (C=O) groups is 1. The Kier molecular flexibility index (Phi) is 4.01. The van der Waals surface area contributed by atoms with Crippen molar-refractivity contribution in [2.45, 2.75) is 13.8 Å². The maximum absolute atomic E-state index is 12.5. The second-order valence-electron chi connectivity index (χ2n) is 6.38. The van der Waals surface area contributed by atoms with Crippen molar-refractivity contribution in [1.82, 2.24) is 9.97 Å². The predicted octanol–water partition coefficient (Wildman–Crippen LogP) is 5.10. The van der Waals surface area contributed by atoms with Crippen LogP contribution in [0.2, 0.25) is 0 Å². The number of rotatable bonds is 3. The third-order valence-electron chi connectivity index (χ3n) is 4.66. The van der Waals surface area contributed by atoms with Crippen molar-refractivity contribution in [3.8, 4) is 11.4 Å². The molecule has 0 aliphatic heterocycles. The largest absolute Gasteiger partial charge is 0.338 e. The molecule has 1 amide bonds. The molecule has 1 aromatic heterocycles. The number of amides is 1. The van der Waals surface area contributed by atoms with Gasteiger partial charge in [-0.15, -0.1) is 0 Å². The fourth-order valence-electron chi connectivity index (χ4n) is 2.95. The number of aromatic nitrogens is 2. The highest BCUT2D eigenvalue weighted by Gasteiger charge is 2.10. The van der Waals surface area contributed by atoms with Crippen LogP contribution in [-0.2, 0) is 0 Å². The molecule has 0 saturated carbocycles. The minimum atomic E-state index is -0.116. The van der Waals surface area contributed by atoms with Gasteiger partial charge in [-0.1, -0.05) is 36.4 Å². The number of fused-ring (bicyclic) bond motifs is 1. The standard InChI is InChI=1S/C22H19N3O/c1-14-6-5-9-18(15(14)2)25-22(26)17-12-10-16(11-13-17)21-23-19-7-3-4-8-20(19)24-21/h3-13H,1-2H3,(H,23,24)(H,25,26). The summed E-state index contributed by atoms with van der Waals surface area (Å²) in [6.07, 6.45) is 0. The predicted molar refractivity (Wildman–Crippen MR) is 105 cm³/mol. The quantitative estimate of drug-likeness (QED) is 0.545. The summed E-state index contributed by atoms with van der Waals surface area (Å²) in [4.78, 5) is 20.4. The van der Waals surface area contributed by atoms with Gasteiger partial charge < -0.3 is 10.3 Å². The molecule has 0 bridgehead atoms. The summed E-state index contributed by atoms with van der Waals surface area (Å²) < 4.78 is 0. The normalized spacial score (nSPS) is 10.8. The van der Waals surface area contributed by atoms with Gasteiger partial charge in [0.15, 0.2) is 0 Å². The minimum Gasteiger partial charge on any atom is -0.338 e. The van der Waals surface area contributed by atoms with Crippen molar-refractivity contribution >= 4 is 22.6 Å². The van der Waals surface area contributed by atoms with Gasteiger partial charge in [-0.2, -0.15) is 0 Å². The lowest BCUT2D eigenvalue weighted by atomic mass is 10.1. The monoisotopic (exact) mass is 341 g/mol. The Hall–Kier alpha value is -3.40. The molecule has 4 aromatic rings. The number of hydrogen-bond donors (Lipinski definition) is 2. The lowest BCUT2D eigenvalue weighted by molar-refractivity contribution is 0.102. The van der Waals surface area contributed by atoms with E-state index < -0.39 is 0 Å². The highest BCUT2D eigenvalue weighted by Crippen LogP contribution is 2.22. The third kappa shape index (κ3) is 2.97. The molecule has 0 aliphatic rings. The van der Waals surface area contributed by atoms with Crippen LogP contribution in [0.3, 0.4) is 0 Å². The smallest absolute Gasteiger partial charge is 0.255 e. The van der Waals surface area contributed by atoms with Crippen LogP contribution in [0, 0.1) is 13.8 Å². The molecule has 0 saturated heterocycles. The average Bonchev–Trinajstić information content (AvgIpc) is 3.10. The van der Waals surface area contributed by atoms with E-state index in [1.165, 1.54) is 0 Å². The van der Waals surface area contributed by atoms with E-state index in [0.717, 1.165) is 39.2 Å². The number of benzene rings is 3. The van der Waals surface area contributed by atoms with Crippen molar-refractivity contribution in [3.05, 3.63) is 83.4 Å². The molecule has 26 heavy (non-hydrogen) atoms. The molecule has 0 spiro atoms. The molecule has 0 atom stereocenters.